The molecule has 1 amide bonds. The van der Waals surface area contributed by atoms with Crippen LogP contribution in [0.15, 0.2) is 18.2 Å². The second-order valence-corrected chi connectivity index (χ2v) is 5.77. The lowest BCUT2D eigenvalue weighted by atomic mass is 9.96. The minimum absolute atomic E-state index is 0.0149. The fraction of sp³-hybridized carbons (Fsp3) is 0.533. The highest BCUT2D eigenvalue weighted by atomic mass is 16.6. The maximum absolute atomic E-state index is 12.3. The maximum Gasteiger partial charge on any atom is 0.277 e. The van der Waals surface area contributed by atoms with Gasteiger partial charge < -0.3 is 5.32 Å². The first-order valence-electron chi connectivity index (χ1n) is 7.72. The summed E-state index contributed by atoms with van der Waals surface area (Å²) in [6.45, 7) is 0. The van der Waals surface area contributed by atoms with E-state index in [1.54, 1.807) is 0 Å². The highest BCUT2D eigenvalue weighted by molar-refractivity contribution is 5.95. The van der Waals surface area contributed by atoms with Crippen LogP contribution in [-0.4, -0.2) is 21.8 Å². The minimum atomic E-state index is -0.737. The molecule has 8 heteroatoms. The zero-order valence-corrected chi connectivity index (χ0v) is 12.7. The van der Waals surface area contributed by atoms with Crippen LogP contribution in [0.4, 0.5) is 11.4 Å². The average Bonchev–Trinajstić information content (AvgIpc) is 2.49. The zero-order chi connectivity index (χ0) is 16.8. The summed E-state index contributed by atoms with van der Waals surface area (Å²) >= 11 is 0. The number of rotatable bonds is 4. The third-order valence-electron chi connectivity index (χ3n) is 4.03. The fourth-order valence-corrected chi connectivity index (χ4v) is 2.81. The third-order valence-corrected chi connectivity index (χ3v) is 4.03. The largest absolute Gasteiger partial charge is 0.349 e. The van der Waals surface area contributed by atoms with Gasteiger partial charge in [-0.15, -0.1) is 0 Å². The summed E-state index contributed by atoms with van der Waals surface area (Å²) in [7, 11) is 0. The predicted molar refractivity (Wildman–Crippen MR) is 83.3 cm³/mol. The number of carbonyl (C=O) groups is 1. The number of non-ortho nitro benzene ring substituents is 2. The summed E-state index contributed by atoms with van der Waals surface area (Å²) in [5.41, 5.74) is -0.961. The molecular formula is C15H19N3O5. The van der Waals surface area contributed by atoms with Gasteiger partial charge in [-0.25, -0.2) is 0 Å². The topological polar surface area (TPSA) is 115 Å². The SMILES string of the molecule is O=C(NC1CCCCCCC1)c1cc([N+](=O)[O-])cc([N+](=O)[O-])c1. The Kier molecular flexibility index (Phi) is 5.61. The molecule has 8 nitrogen and oxygen atoms in total. The molecule has 1 aliphatic carbocycles. The lowest BCUT2D eigenvalue weighted by Gasteiger charge is -2.21. The first-order chi connectivity index (χ1) is 11.0. The average molecular weight is 321 g/mol. The van der Waals surface area contributed by atoms with E-state index in [1.807, 2.05) is 0 Å². The molecular weight excluding hydrogens is 302 g/mol. The van der Waals surface area contributed by atoms with Gasteiger partial charge in [0.1, 0.15) is 0 Å². The first kappa shape index (κ1) is 16.9. The second-order valence-electron chi connectivity index (χ2n) is 5.77. The van der Waals surface area contributed by atoms with Gasteiger partial charge in [0, 0.05) is 18.2 Å². The van der Waals surface area contributed by atoms with E-state index in [2.05, 4.69) is 5.32 Å². The van der Waals surface area contributed by atoms with Crippen LogP contribution in [0.3, 0.4) is 0 Å². The van der Waals surface area contributed by atoms with Crippen molar-refractivity contribution in [2.75, 3.05) is 0 Å². The summed E-state index contributed by atoms with van der Waals surface area (Å²) < 4.78 is 0. The van der Waals surface area contributed by atoms with E-state index in [0.29, 0.717) is 0 Å². The molecule has 23 heavy (non-hydrogen) atoms. The van der Waals surface area contributed by atoms with Crippen LogP contribution in [0.5, 0.6) is 0 Å². The quantitative estimate of drug-likeness (QED) is 0.674. The number of hydrogen-bond acceptors (Lipinski definition) is 5. The summed E-state index contributed by atoms with van der Waals surface area (Å²) in [6.07, 6.45) is 7.26. The minimum Gasteiger partial charge on any atom is -0.349 e. The number of carbonyl (C=O) groups excluding carboxylic acids is 1. The number of nitro groups is 2. The van der Waals surface area contributed by atoms with Crippen molar-refractivity contribution in [3.8, 4) is 0 Å². The molecule has 0 heterocycles. The van der Waals surface area contributed by atoms with E-state index in [1.165, 1.54) is 6.42 Å². The van der Waals surface area contributed by atoms with Crippen molar-refractivity contribution in [3.05, 3.63) is 44.0 Å². The molecule has 0 bridgehead atoms. The van der Waals surface area contributed by atoms with Crippen LogP contribution in [0, 0.1) is 20.2 Å². The van der Waals surface area contributed by atoms with Gasteiger partial charge in [0.05, 0.1) is 21.5 Å². The number of hydrogen-bond donors (Lipinski definition) is 1. The van der Waals surface area contributed by atoms with Gasteiger partial charge in [0.25, 0.3) is 17.3 Å². The third kappa shape index (κ3) is 4.73. The van der Waals surface area contributed by atoms with Gasteiger partial charge in [-0.3, -0.25) is 25.0 Å². The van der Waals surface area contributed by atoms with Crippen LogP contribution < -0.4 is 5.32 Å². The van der Waals surface area contributed by atoms with Crippen molar-refractivity contribution in [3.63, 3.8) is 0 Å². The Balaban J connectivity index is 2.17. The summed E-state index contributed by atoms with van der Waals surface area (Å²) in [6, 6.07) is 3.02. The Morgan fingerprint density at radius 3 is 1.87 bits per heavy atom. The van der Waals surface area contributed by atoms with Crippen molar-refractivity contribution < 1.29 is 14.6 Å². The summed E-state index contributed by atoms with van der Waals surface area (Å²) in [4.78, 5) is 32.6. The molecule has 0 aromatic heterocycles. The van der Waals surface area contributed by atoms with Crippen molar-refractivity contribution in [1.82, 2.24) is 5.32 Å². The Labute approximate surface area is 133 Å². The van der Waals surface area contributed by atoms with Crippen LogP contribution in [0.1, 0.15) is 55.3 Å². The molecule has 1 aromatic carbocycles. The van der Waals surface area contributed by atoms with E-state index in [-0.39, 0.29) is 11.6 Å². The van der Waals surface area contributed by atoms with Gasteiger partial charge >= 0.3 is 0 Å². The van der Waals surface area contributed by atoms with Crippen LogP contribution >= 0.6 is 0 Å². The van der Waals surface area contributed by atoms with Gasteiger partial charge in [0.15, 0.2) is 0 Å². The monoisotopic (exact) mass is 321 g/mol. The van der Waals surface area contributed by atoms with Crippen LogP contribution in [0.25, 0.3) is 0 Å². The predicted octanol–water partition coefficient (Wildman–Crippen LogP) is 3.35. The Hall–Kier alpha value is -2.51. The van der Waals surface area contributed by atoms with E-state index < -0.39 is 27.1 Å². The molecule has 2 rings (SSSR count). The van der Waals surface area contributed by atoms with E-state index in [4.69, 9.17) is 0 Å². The number of nitrogens with zero attached hydrogens (tertiary/aromatic N) is 2. The highest BCUT2D eigenvalue weighted by Gasteiger charge is 2.21. The van der Waals surface area contributed by atoms with Crippen molar-refractivity contribution in [2.24, 2.45) is 0 Å². The van der Waals surface area contributed by atoms with E-state index in [0.717, 1.165) is 56.7 Å². The molecule has 0 radical (unpaired) electrons. The fourth-order valence-electron chi connectivity index (χ4n) is 2.81. The van der Waals surface area contributed by atoms with E-state index >= 15 is 0 Å². The number of nitro benzene ring substituents is 2. The van der Waals surface area contributed by atoms with E-state index in [9.17, 15) is 25.0 Å². The molecule has 1 saturated carbocycles. The molecule has 1 aliphatic rings. The van der Waals surface area contributed by atoms with Gasteiger partial charge in [0.2, 0.25) is 0 Å². The Morgan fingerprint density at radius 2 is 1.39 bits per heavy atom. The number of benzene rings is 1. The molecule has 0 aliphatic heterocycles. The molecule has 0 saturated heterocycles. The normalized spacial score (nSPS) is 16.2. The molecule has 1 aromatic rings. The smallest absolute Gasteiger partial charge is 0.277 e. The highest BCUT2D eigenvalue weighted by Crippen LogP contribution is 2.23. The number of amides is 1. The zero-order valence-electron chi connectivity index (χ0n) is 12.7. The van der Waals surface area contributed by atoms with Crippen LogP contribution in [-0.2, 0) is 0 Å². The maximum atomic E-state index is 12.3. The lowest BCUT2D eigenvalue weighted by Crippen LogP contribution is -2.35. The van der Waals surface area contributed by atoms with Gasteiger partial charge in [-0.1, -0.05) is 32.1 Å². The number of nitrogens with one attached hydrogen (secondary N) is 1. The van der Waals surface area contributed by atoms with Crippen molar-refractivity contribution >= 4 is 17.3 Å². The molecule has 0 atom stereocenters. The second kappa shape index (κ2) is 7.66. The molecule has 0 spiro atoms. The van der Waals surface area contributed by atoms with Gasteiger partial charge in [-0.2, -0.15) is 0 Å². The molecule has 1 fully saturated rings. The first-order valence-corrected chi connectivity index (χ1v) is 7.72. The lowest BCUT2D eigenvalue weighted by molar-refractivity contribution is -0.394. The molecule has 0 unspecified atom stereocenters. The van der Waals surface area contributed by atoms with Crippen molar-refractivity contribution in [1.29, 1.82) is 0 Å². The summed E-state index contributed by atoms with van der Waals surface area (Å²) in [5.74, 6) is -0.498. The summed E-state index contributed by atoms with van der Waals surface area (Å²) in [5, 5.41) is 24.6. The van der Waals surface area contributed by atoms with Crippen LogP contribution in [0.2, 0.25) is 0 Å². The van der Waals surface area contributed by atoms with Gasteiger partial charge in [-0.05, 0) is 12.8 Å². The Morgan fingerprint density at radius 1 is 0.913 bits per heavy atom. The Bertz CT molecular complexity index is 577. The molecule has 1 N–H and O–H groups in total. The van der Waals surface area contributed by atoms with Crippen molar-refractivity contribution in [2.45, 2.75) is 51.0 Å². The standard InChI is InChI=1S/C15H19N3O5/c19-15(16-12-6-4-2-1-3-5-7-12)11-8-13(17(20)21)10-14(9-11)18(22)23/h8-10,12H,1-7H2,(H,16,19). The molecule has 124 valence electrons.